The van der Waals surface area contributed by atoms with Crippen molar-refractivity contribution in [2.45, 2.75) is 74.7 Å². The van der Waals surface area contributed by atoms with Crippen LogP contribution in [-0.4, -0.2) is 12.6 Å². The Hall–Kier alpha value is -0.530. The number of hydrogen-bond donors (Lipinski definition) is 0. The lowest BCUT2D eigenvalue weighted by Crippen LogP contribution is -2.44. The van der Waals surface area contributed by atoms with Crippen LogP contribution in [0, 0.1) is 16.2 Å². The molecule has 0 fully saturated rings. The summed E-state index contributed by atoms with van der Waals surface area (Å²) < 4.78 is 5.26. The fourth-order valence-electron chi connectivity index (χ4n) is 2.53. The molecule has 0 bridgehead atoms. The first-order chi connectivity index (χ1) is 8.06. The molecule has 0 saturated heterocycles. The van der Waals surface area contributed by atoms with E-state index >= 15 is 0 Å². The predicted octanol–water partition coefficient (Wildman–Crippen LogP) is 4.82. The van der Waals surface area contributed by atoms with Crippen LogP contribution in [0.4, 0.5) is 0 Å². The molecule has 18 heavy (non-hydrogen) atoms. The highest BCUT2D eigenvalue weighted by Gasteiger charge is 2.48. The summed E-state index contributed by atoms with van der Waals surface area (Å²) in [6.07, 6.45) is 3.16. The van der Waals surface area contributed by atoms with Gasteiger partial charge in [0.1, 0.15) is 0 Å². The Morgan fingerprint density at radius 2 is 1.44 bits per heavy atom. The molecule has 2 nitrogen and oxygen atoms in total. The summed E-state index contributed by atoms with van der Waals surface area (Å²) in [7, 11) is 0. The van der Waals surface area contributed by atoms with Gasteiger partial charge in [0.15, 0.2) is 0 Å². The van der Waals surface area contributed by atoms with Gasteiger partial charge in [-0.05, 0) is 44.4 Å². The molecule has 2 heteroatoms. The van der Waals surface area contributed by atoms with E-state index in [1.54, 1.807) is 0 Å². The molecule has 0 aromatic rings. The maximum Gasteiger partial charge on any atom is 0.312 e. The molecule has 0 rings (SSSR count). The van der Waals surface area contributed by atoms with Gasteiger partial charge in [0, 0.05) is 0 Å². The first-order valence-electron chi connectivity index (χ1n) is 7.23. The van der Waals surface area contributed by atoms with Gasteiger partial charge in [-0.25, -0.2) is 0 Å². The molecular formula is C16H32O2. The maximum absolute atomic E-state index is 12.2. The van der Waals surface area contributed by atoms with Gasteiger partial charge >= 0.3 is 5.97 Å². The second kappa shape index (κ2) is 6.08. The van der Waals surface area contributed by atoms with E-state index in [2.05, 4.69) is 34.6 Å². The number of carbonyl (C=O) groups excluding carboxylic acids is 1. The quantitative estimate of drug-likeness (QED) is 0.610. The molecule has 0 aliphatic carbocycles. The molecule has 0 amide bonds. The lowest BCUT2D eigenvalue weighted by Gasteiger charge is -2.46. The van der Waals surface area contributed by atoms with Crippen LogP contribution in [-0.2, 0) is 9.53 Å². The van der Waals surface area contributed by atoms with Gasteiger partial charge < -0.3 is 4.74 Å². The van der Waals surface area contributed by atoms with Crippen LogP contribution >= 0.6 is 0 Å². The second-order valence-corrected chi connectivity index (χ2v) is 6.95. The van der Waals surface area contributed by atoms with Crippen molar-refractivity contribution in [3.05, 3.63) is 0 Å². The smallest absolute Gasteiger partial charge is 0.312 e. The van der Waals surface area contributed by atoms with E-state index in [0.717, 1.165) is 19.3 Å². The minimum absolute atomic E-state index is 0.0290. The fourth-order valence-corrected chi connectivity index (χ4v) is 2.53. The SMILES string of the molecule is CCOC(=O)C(C)(C)C(C)(CC)CC(C)(C)CC. The van der Waals surface area contributed by atoms with Crippen LogP contribution in [0.5, 0.6) is 0 Å². The van der Waals surface area contributed by atoms with E-state index in [1.807, 2.05) is 20.8 Å². The first-order valence-corrected chi connectivity index (χ1v) is 7.23. The molecule has 1 atom stereocenters. The number of carbonyl (C=O) groups is 1. The third-order valence-electron chi connectivity index (χ3n) is 4.90. The van der Waals surface area contributed by atoms with E-state index < -0.39 is 5.41 Å². The van der Waals surface area contributed by atoms with E-state index in [4.69, 9.17) is 4.74 Å². The molecule has 0 radical (unpaired) electrons. The van der Waals surface area contributed by atoms with Gasteiger partial charge in [-0.2, -0.15) is 0 Å². The Labute approximate surface area is 113 Å². The van der Waals surface area contributed by atoms with Crippen LogP contribution in [0.15, 0.2) is 0 Å². The van der Waals surface area contributed by atoms with E-state index in [-0.39, 0.29) is 16.8 Å². The molecular weight excluding hydrogens is 224 g/mol. The van der Waals surface area contributed by atoms with Crippen LogP contribution in [0.1, 0.15) is 74.7 Å². The third kappa shape index (κ3) is 3.73. The van der Waals surface area contributed by atoms with Crippen molar-refractivity contribution in [1.82, 2.24) is 0 Å². The van der Waals surface area contributed by atoms with Gasteiger partial charge in [-0.1, -0.05) is 41.0 Å². The van der Waals surface area contributed by atoms with Crippen LogP contribution in [0.3, 0.4) is 0 Å². The highest BCUT2D eigenvalue weighted by molar-refractivity contribution is 5.77. The molecule has 0 aliphatic rings. The van der Waals surface area contributed by atoms with E-state index in [1.165, 1.54) is 0 Å². The molecule has 0 aliphatic heterocycles. The largest absolute Gasteiger partial charge is 0.466 e. The zero-order valence-electron chi connectivity index (χ0n) is 13.6. The Bertz CT molecular complexity index is 279. The minimum atomic E-state index is -0.440. The number of rotatable bonds is 7. The van der Waals surface area contributed by atoms with Gasteiger partial charge in [0.25, 0.3) is 0 Å². The topological polar surface area (TPSA) is 26.3 Å². The van der Waals surface area contributed by atoms with Gasteiger partial charge in [0.2, 0.25) is 0 Å². The van der Waals surface area contributed by atoms with Crippen molar-refractivity contribution in [1.29, 1.82) is 0 Å². The Morgan fingerprint density at radius 1 is 0.944 bits per heavy atom. The molecule has 0 spiro atoms. The molecule has 0 aromatic carbocycles. The van der Waals surface area contributed by atoms with Gasteiger partial charge in [0.05, 0.1) is 12.0 Å². The van der Waals surface area contributed by atoms with Crippen molar-refractivity contribution in [2.24, 2.45) is 16.2 Å². The van der Waals surface area contributed by atoms with E-state index in [0.29, 0.717) is 6.61 Å². The van der Waals surface area contributed by atoms with Crippen molar-refractivity contribution in [3.8, 4) is 0 Å². The zero-order valence-corrected chi connectivity index (χ0v) is 13.6. The minimum Gasteiger partial charge on any atom is -0.466 e. The highest BCUT2D eigenvalue weighted by Crippen LogP contribution is 2.50. The van der Waals surface area contributed by atoms with Gasteiger partial charge in [-0.3, -0.25) is 4.79 Å². The summed E-state index contributed by atoms with van der Waals surface area (Å²) in [6, 6.07) is 0. The monoisotopic (exact) mass is 256 g/mol. The van der Waals surface area contributed by atoms with Crippen molar-refractivity contribution < 1.29 is 9.53 Å². The van der Waals surface area contributed by atoms with E-state index in [9.17, 15) is 4.79 Å². The molecule has 1 unspecified atom stereocenters. The van der Waals surface area contributed by atoms with Crippen molar-refractivity contribution >= 4 is 5.97 Å². The van der Waals surface area contributed by atoms with Crippen molar-refractivity contribution in [3.63, 3.8) is 0 Å². The van der Waals surface area contributed by atoms with Crippen LogP contribution < -0.4 is 0 Å². The molecule has 0 saturated carbocycles. The van der Waals surface area contributed by atoms with Crippen LogP contribution in [0.25, 0.3) is 0 Å². The molecule has 0 heterocycles. The lowest BCUT2D eigenvalue weighted by atomic mass is 9.58. The summed E-state index contributed by atoms with van der Waals surface area (Å²) in [4.78, 5) is 12.2. The van der Waals surface area contributed by atoms with Gasteiger partial charge in [-0.15, -0.1) is 0 Å². The molecule has 108 valence electrons. The summed E-state index contributed by atoms with van der Waals surface area (Å²) in [5.41, 5.74) is -0.211. The average molecular weight is 256 g/mol. The molecule has 0 aromatic heterocycles. The fraction of sp³-hybridized carbons (Fsp3) is 0.938. The standard InChI is InChI=1S/C16H32O2/c1-9-14(4,5)12-16(8,10-2)15(6,7)13(17)18-11-3/h9-12H2,1-8H3. The summed E-state index contributed by atoms with van der Waals surface area (Å²) >= 11 is 0. The summed E-state index contributed by atoms with van der Waals surface area (Å²) in [5, 5.41) is 0. The first kappa shape index (κ1) is 17.5. The zero-order chi connectivity index (χ0) is 14.6. The Morgan fingerprint density at radius 3 is 1.78 bits per heavy atom. The Kier molecular flexibility index (Phi) is 5.90. The third-order valence-corrected chi connectivity index (χ3v) is 4.90. The lowest BCUT2D eigenvalue weighted by molar-refractivity contribution is -0.163. The number of ether oxygens (including phenoxy) is 1. The highest BCUT2D eigenvalue weighted by atomic mass is 16.5. The van der Waals surface area contributed by atoms with Crippen LogP contribution in [0.2, 0.25) is 0 Å². The average Bonchev–Trinajstić information content (AvgIpc) is 2.28. The normalized spacial score (nSPS) is 16.2. The maximum atomic E-state index is 12.2. The molecule has 0 N–H and O–H groups in total. The number of esters is 1. The Balaban J connectivity index is 5.19. The number of hydrogen-bond acceptors (Lipinski definition) is 2. The summed E-state index contributed by atoms with van der Waals surface area (Å²) in [5.74, 6) is -0.0683. The van der Waals surface area contributed by atoms with Crippen molar-refractivity contribution in [2.75, 3.05) is 6.61 Å². The predicted molar refractivity (Wildman–Crippen MR) is 77.5 cm³/mol. The second-order valence-electron chi connectivity index (χ2n) is 6.95. The summed E-state index contributed by atoms with van der Waals surface area (Å²) in [6.45, 7) is 17.6.